The monoisotopic (exact) mass is 370 g/mol. The number of rotatable bonds is 3. The van der Waals surface area contributed by atoms with Crippen LogP contribution in [0.5, 0.6) is 5.75 Å². The number of carbonyl (C=O) groups excluding carboxylic acids is 2. The van der Waals surface area contributed by atoms with Crippen LogP contribution in [0.15, 0.2) is 30.3 Å². The molecule has 2 fully saturated rings. The Morgan fingerprint density at radius 3 is 2.27 bits per heavy atom. The number of para-hydroxylation sites is 1. The number of carbonyl (C=O) groups is 2. The summed E-state index contributed by atoms with van der Waals surface area (Å²) in [5.41, 5.74) is 0. The summed E-state index contributed by atoms with van der Waals surface area (Å²) < 4.78 is 44.0. The second-order valence-corrected chi connectivity index (χ2v) is 6.61. The molecule has 2 saturated heterocycles. The minimum atomic E-state index is -4.95. The van der Waals surface area contributed by atoms with Crippen LogP contribution in [0.1, 0.15) is 25.7 Å². The molecule has 1 aromatic carbocycles. The number of benzene rings is 1. The lowest BCUT2D eigenvalue weighted by Gasteiger charge is -2.35. The average Bonchev–Trinajstić information content (AvgIpc) is 3.10. The Kier molecular flexibility index (Phi) is 5.38. The highest BCUT2D eigenvalue weighted by molar-refractivity contribution is 5.90. The highest BCUT2D eigenvalue weighted by atomic mass is 19.4. The van der Waals surface area contributed by atoms with Crippen molar-refractivity contribution in [3.63, 3.8) is 0 Å². The summed E-state index contributed by atoms with van der Waals surface area (Å²) in [6, 6.07) is 8.35. The number of hydrogen-bond acceptors (Lipinski definition) is 3. The molecule has 0 saturated carbocycles. The van der Waals surface area contributed by atoms with Crippen LogP contribution in [0.2, 0.25) is 0 Å². The number of nitrogens with zero attached hydrogens (tertiary/aromatic N) is 2. The van der Waals surface area contributed by atoms with E-state index < -0.39 is 24.0 Å². The molecule has 1 aromatic rings. The van der Waals surface area contributed by atoms with Gasteiger partial charge in [-0.25, -0.2) is 0 Å². The van der Waals surface area contributed by atoms with Crippen molar-refractivity contribution in [2.75, 3.05) is 19.6 Å². The first-order valence-corrected chi connectivity index (χ1v) is 8.74. The van der Waals surface area contributed by atoms with Gasteiger partial charge < -0.3 is 14.5 Å². The van der Waals surface area contributed by atoms with Crippen LogP contribution in [0.25, 0.3) is 0 Å². The molecule has 5 nitrogen and oxygen atoms in total. The molecule has 0 bridgehead atoms. The lowest BCUT2D eigenvalue weighted by Crippen LogP contribution is -2.53. The lowest BCUT2D eigenvalue weighted by atomic mass is 10.1. The van der Waals surface area contributed by atoms with E-state index in [-0.39, 0.29) is 19.1 Å². The molecule has 26 heavy (non-hydrogen) atoms. The molecule has 3 rings (SSSR count). The maximum atomic E-state index is 12.7. The number of alkyl halides is 3. The SMILES string of the molecule is O=C(C1CCCN1C(=O)C(F)(F)F)N1CCC(Oc2ccccc2)CC1. The molecule has 0 aromatic heterocycles. The summed E-state index contributed by atoms with van der Waals surface area (Å²) in [4.78, 5) is 26.4. The predicted octanol–water partition coefficient (Wildman–Crippen LogP) is 2.61. The average molecular weight is 370 g/mol. The van der Waals surface area contributed by atoms with Gasteiger partial charge in [0, 0.05) is 32.5 Å². The fourth-order valence-electron chi connectivity index (χ4n) is 3.53. The van der Waals surface area contributed by atoms with Crippen LogP contribution in [0, 0.1) is 0 Å². The lowest BCUT2D eigenvalue weighted by molar-refractivity contribution is -0.187. The van der Waals surface area contributed by atoms with Crippen molar-refractivity contribution in [1.29, 1.82) is 0 Å². The summed E-state index contributed by atoms with van der Waals surface area (Å²) in [6.07, 6.45) is -3.06. The maximum absolute atomic E-state index is 12.7. The second kappa shape index (κ2) is 7.55. The normalized spacial score (nSPS) is 21.7. The van der Waals surface area contributed by atoms with E-state index in [0.29, 0.717) is 37.3 Å². The van der Waals surface area contributed by atoms with Crippen LogP contribution < -0.4 is 4.74 Å². The topological polar surface area (TPSA) is 49.9 Å². The van der Waals surface area contributed by atoms with E-state index in [0.717, 1.165) is 5.75 Å². The van der Waals surface area contributed by atoms with Crippen LogP contribution in [0.3, 0.4) is 0 Å². The Bertz CT molecular complexity index is 643. The van der Waals surface area contributed by atoms with Crippen LogP contribution in [-0.4, -0.2) is 59.6 Å². The Balaban J connectivity index is 1.55. The molecule has 2 amide bonds. The Labute approximate surface area is 149 Å². The van der Waals surface area contributed by atoms with Gasteiger partial charge in [-0.1, -0.05) is 18.2 Å². The number of likely N-dealkylation sites (tertiary alicyclic amines) is 2. The number of hydrogen-bond donors (Lipinski definition) is 0. The van der Waals surface area contributed by atoms with Gasteiger partial charge in [0.2, 0.25) is 5.91 Å². The zero-order valence-corrected chi connectivity index (χ0v) is 14.2. The number of halogens is 3. The van der Waals surface area contributed by atoms with E-state index >= 15 is 0 Å². The zero-order valence-electron chi connectivity index (χ0n) is 14.2. The molecule has 0 radical (unpaired) electrons. The molecule has 0 aliphatic carbocycles. The summed E-state index contributed by atoms with van der Waals surface area (Å²) >= 11 is 0. The Hall–Kier alpha value is -2.25. The molecule has 2 heterocycles. The van der Waals surface area contributed by atoms with Gasteiger partial charge in [-0.2, -0.15) is 13.2 Å². The summed E-state index contributed by atoms with van der Waals surface area (Å²) in [6.45, 7) is 0.810. The fraction of sp³-hybridized carbons (Fsp3) is 0.556. The van der Waals surface area contributed by atoms with Gasteiger partial charge in [0.1, 0.15) is 17.9 Å². The predicted molar refractivity (Wildman–Crippen MR) is 87.5 cm³/mol. The zero-order chi connectivity index (χ0) is 18.7. The fourth-order valence-corrected chi connectivity index (χ4v) is 3.53. The van der Waals surface area contributed by atoms with E-state index in [1.807, 2.05) is 30.3 Å². The first-order valence-electron chi connectivity index (χ1n) is 8.74. The van der Waals surface area contributed by atoms with Crippen LogP contribution in [0.4, 0.5) is 13.2 Å². The molecule has 0 spiro atoms. The quantitative estimate of drug-likeness (QED) is 0.822. The van der Waals surface area contributed by atoms with E-state index in [9.17, 15) is 22.8 Å². The van der Waals surface area contributed by atoms with E-state index in [1.165, 1.54) is 0 Å². The van der Waals surface area contributed by atoms with E-state index in [2.05, 4.69) is 0 Å². The van der Waals surface area contributed by atoms with Crippen LogP contribution in [-0.2, 0) is 9.59 Å². The summed E-state index contributed by atoms with van der Waals surface area (Å²) in [5.74, 6) is -1.55. The summed E-state index contributed by atoms with van der Waals surface area (Å²) in [5, 5.41) is 0. The van der Waals surface area contributed by atoms with Gasteiger partial charge in [0.25, 0.3) is 0 Å². The molecule has 2 aliphatic heterocycles. The van der Waals surface area contributed by atoms with Crippen molar-refractivity contribution in [3.8, 4) is 5.75 Å². The highest BCUT2D eigenvalue weighted by Gasteiger charge is 2.48. The Morgan fingerprint density at radius 1 is 1.00 bits per heavy atom. The minimum Gasteiger partial charge on any atom is -0.490 e. The van der Waals surface area contributed by atoms with Crippen molar-refractivity contribution in [2.24, 2.45) is 0 Å². The number of ether oxygens (including phenoxy) is 1. The molecular formula is C18H21F3N2O3. The van der Waals surface area contributed by atoms with Gasteiger partial charge >= 0.3 is 12.1 Å². The maximum Gasteiger partial charge on any atom is 0.471 e. The second-order valence-electron chi connectivity index (χ2n) is 6.61. The van der Waals surface area contributed by atoms with Gasteiger partial charge in [0.05, 0.1) is 0 Å². The smallest absolute Gasteiger partial charge is 0.471 e. The molecule has 8 heteroatoms. The van der Waals surface area contributed by atoms with Crippen LogP contribution >= 0.6 is 0 Å². The standard InChI is InChI=1S/C18H21F3N2O3/c19-18(20,21)17(25)23-10-4-7-15(23)16(24)22-11-8-14(9-12-22)26-13-5-2-1-3-6-13/h1-3,5-6,14-15H,4,7-12H2. The largest absolute Gasteiger partial charge is 0.490 e. The molecule has 2 aliphatic rings. The molecule has 142 valence electrons. The molecular weight excluding hydrogens is 349 g/mol. The first-order chi connectivity index (χ1) is 12.4. The van der Waals surface area contributed by atoms with Crippen molar-refractivity contribution in [3.05, 3.63) is 30.3 Å². The minimum absolute atomic E-state index is 0.0255. The van der Waals surface area contributed by atoms with Gasteiger partial charge in [0.15, 0.2) is 0 Å². The Morgan fingerprint density at radius 2 is 1.65 bits per heavy atom. The van der Waals surface area contributed by atoms with Crippen molar-refractivity contribution in [2.45, 2.75) is 44.0 Å². The third kappa shape index (κ3) is 4.11. The first kappa shape index (κ1) is 18.5. The van der Waals surface area contributed by atoms with E-state index in [1.54, 1.807) is 4.90 Å². The molecule has 1 atom stereocenters. The molecule has 0 N–H and O–H groups in total. The molecule has 1 unspecified atom stereocenters. The number of piperidine rings is 1. The van der Waals surface area contributed by atoms with Gasteiger partial charge in [-0.3, -0.25) is 9.59 Å². The van der Waals surface area contributed by atoms with Gasteiger partial charge in [-0.15, -0.1) is 0 Å². The highest BCUT2D eigenvalue weighted by Crippen LogP contribution is 2.28. The third-order valence-electron chi connectivity index (χ3n) is 4.84. The van der Waals surface area contributed by atoms with Crippen molar-refractivity contribution < 1.29 is 27.5 Å². The van der Waals surface area contributed by atoms with Crippen molar-refractivity contribution in [1.82, 2.24) is 9.80 Å². The summed E-state index contributed by atoms with van der Waals surface area (Å²) in [7, 11) is 0. The third-order valence-corrected chi connectivity index (χ3v) is 4.84. The van der Waals surface area contributed by atoms with Gasteiger partial charge in [-0.05, 0) is 25.0 Å². The number of amides is 2. The van der Waals surface area contributed by atoms with Crippen molar-refractivity contribution >= 4 is 11.8 Å². The van der Waals surface area contributed by atoms with E-state index in [4.69, 9.17) is 4.74 Å².